The first-order valence-corrected chi connectivity index (χ1v) is 7.76. The summed E-state index contributed by atoms with van der Waals surface area (Å²) in [6.07, 6.45) is 1.52. The van der Waals surface area contributed by atoms with E-state index in [9.17, 15) is 9.59 Å². The van der Waals surface area contributed by atoms with Crippen LogP contribution in [-0.4, -0.2) is 23.5 Å². The molecule has 116 valence electrons. The highest BCUT2D eigenvalue weighted by Gasteiger charge is 2.22. The standard InChI is InChI=1S/C16H18N2O3S/c1-5-21-16(20)13-10(3)11(4)22-15(13)18-14(19)12-7-6-9(2)17-8-12/h6-8H,5H2,1-4H3,(H,18,19). The third-order valence-electron chi connectivity index (χ3n) is 3.27. The van der Waals surface area contributed by atoms with Crippen molar-refractivity contribution in [1.29, 1.82) is 0 Å². The Kier molecular flexibility index (Phi) is 4.92. The van der Waals surface area contributed by atoms with Gasteiger partial charge in [-0.1, -0.05) is 0 Å². The molecule has 6 heteroatoms. The van der Waals surface area contributed by atoms with Gasteiger partial charge in [0.25, 0.3) is 5.91 Å². The fraction of sp³-hybridized carbons (Fsp3) is 0.312. The number of aromatic nitrogens is 1. The van der Waals surface area contributed by atoms with Gasteiger partial charge in [-0.2, -0.15) is 0 Å². The molecule has 0 unspecified atom stereocenters. The summed E-state index contributed by atoms with van der Waals surface area (Å²) < 4.78 is 5.07. The summed E-state index contributed by atoms with van der Waals surface area (Å²) in [4.78, 5) is 29.4. The van der Waals surface area contributed by atoms with Crippen molar-refractivity contribution in [1.82, 2.24) is 4.98 Å². The van der Waals surface area contributed by atoms with Gasteiger partial charge < -0.3 is 10.1 Å². The van der Waals surface area contributed by atoms with E-state index in [1.165, 1.54) is 17.5 Å². The first-order valence-electron chi connectivity index (χ1n) is 6.95. The molecule has 0 aliphatic carbocycles. The van der Waals surface area contributed by atoms with Crippen LogP contribution in [-0.2, 0) is 4.74 Å². The maximum absolute atomic E-state index is 12.3. The number of pyridine rings is 1. The average Bonchev–Trinajstić information content (AvgIpc) is 2.74. The number of amides is 1. The van der Waals surface area contributed by atoms with Crippen molar-refractivity contribution in [3.05, 3.63) is 45.6 Å². The second-order valence-corrected chi connectivity index (χ2v) is 6.07. The largest absolute Gasteiger partial charge is 0.462 e. The second-order valence-electron chi connectivity index (χ2n) is 4.85. The number of hydrogen-bond donors (Lipinski definition) is 1. The fourth-order valence-corrected chi connectivity index (χ4v) is 2.99. The molecule has 2 heterocycles. The molecule has 0 fully saturated rings. The van der Waals surface area contributed by atoms with Crippen LogP contribution in [0, 0.1) is 20.8 Å². The summed E-state index contributed by atoms with van der Waals surface area (Å²) in [6, 6.07) is 3.47. The molecular formula is C16H18N2O3S. The number of anilines is 1. The van der Waals surface area contributed by atoms with E-state index in [-0.39, 0.29) is 5.91 Å². The Morgan fingerprint density at radius 1 is 1.27 bits per heavy atom. The van der Waals surface area contributed by atoms with Crippen LogP contribution < -0.4 is 5.32 Å². The lowest BCUT2D eigenvalue weighted by atomic mass is 10.1. The van der Waals surface area contributed by atoms with Crippen molar-refractivity contribution in [3.63, 3.8) is 0 Å². The van der Waals surface area contributed by atoms with Crippen molar-refractivity contribution >= 4 is 28.2 Å². The van der Waals surface area contributed by atoms with Gasteiger partial charge in [-0.25, -0.2) is 4.79 Å². The lowest BCUT2D eigenvalue weighted by molar-refractivity contribution is 0.0527. The second kappa shape index (κ2) is 6.70. The third-order valence-corrected chi connectivity index (χ3v) is 4.39. The van der Waals surface area contributed by atoms with Gasteiger partial charge in [0.1, 0.15) is 5.00 Å². The minimum absolute atomic E-state index is 0.292. The SMILES string of the molecule is CCOC(=O)c1c(NC(=O)c2ccc(C)nc2)sc(C)c1C. The molecule has 0 atom stereocenters. The van der Waals surface area contributed by atoms with Crippen LogP contribution in [0.25, 0.3) is 0 Å². The summed E-state index contributed by atoms with van der Waals surface area (Å²) >= 11 is 1.37. The molecule has 1 N–H and O–H groups in total. The molecule has 0 aliphatic rings. The maximum Gasteiger partial charge on any atom is 0.341 e. The van der Waals surface area contributed by atoms with E-state index in [1.54, 1.807) is 19.1 Å². The monoisotopic (exact) mass is 318 g/mol. The maximum atomic E-state index is 12.3. The Balaban J connectivity index is 2.29. The summed E-state index contributed by atoms with van der Waals surface area (Å²) in [7, 11) is 0. The van der Waals surface area contributed by atoms with Gasteiger partial charge in [-0.05, 0) is 45.4 Å². The van der Waals surface area contributed by atoms with Crippen LogP contribution in [0.1, 0.15) is 43.8 Å². The molecule has 5 nitrogen and oxygen atoms in total. The van der Waals surface area contributed by atoms with Gasteiger partial charge in [0, 0.05) is 16.8 Å². The first kappa shape index (κ1) is 16.2. The number of ether oxygens (including phenoxy) is 1. The van der Waals surface area contributed by atoms with Gasteiger partial charge in [0.15, 0.2) is 0 Å². The van der Waals surface area contributed by atoms with E-state index < -0.39 is 5.97 Å². The molecule has 0 bridgehead atoms. The Morgan fingerprint density at radius 2 is 2.00 bits per heavy atom. The molecule has 0 spiro atoms. The van der Waals surface area contributed by atoms with Crippen LogP contribution in [0.4, 0.5) is 5.00 Å². The lowest BCUT2D eigenvalue weighted by Gasteiger charge is -2.07. The van der Waals surface area contributed by atoms with E-state index in [1.807, 2.05) is 20.8 Å². The Morgan fingerprint density at radius 3 is 2.59 bits per heavy atom. The molecule has 0 saturated heterocycles. The third kappa shape index (κ3) is 3.33. The zero-order valence-corrected chi connectivity index (χ0v) is 13.8. The zero-order chi connectivity index (χ0) is 16.3. The highest BCUT2D eigenvalue weighted by molar-refractivity contribution is 7.16. The minimum atomic E-state index is -0.415. The summed E-state index contributed by atoms with van der Waals surface area (Å²) in [5, 5.41) is 3.30. The van der Waals surface area contributed by atoms with E-state index in [0.29, 0.717) is 22.7 Å². The Hall–Kier alpha value is -2.21. The van der Waals surface area contributed by atoms with E-state index >= 15 is 0 Å². The Bertz CT molecular complexity index is 705. The summed E-state index contributed by atoms with van der Waals surface area (Å²) in [5.41, 5.74) is 2.55. The van der Waals surface area contributed by atoms with Crippen molar-refractivity contribution in [3.8, 4) is 0 Å². The molecule has 2 aromatic rings. The van der Waals surface area contributed by atoms with Crippen LogP contribution in [0.2, 0.25) is 0 Å². The molecule has 1 amide bonds. The number of aryl methyl sites for hydroxylation is 2. The van der Waals surface area contributed by atoms with Crippen LogP contribution >= 0.6 is 11.3 Å². The van der Waals surface area contributed by atoms with Crippen molar-refractivity contribution in [2.24, 2.45) is 0 Å². The summed E-state index contributed by atoms with van der Waals surface area (Å²) in [5.74, 6) is -0.707. The van der Waals surface area contributed by atoms with Gasteiger partial charge in [0.05, 0.1) is 17.7 Å². The fourth-order valence-electron chi connectivity index (χ4n) is 1.94. The molecule has 0 radical (unpaired) electrons. The smallest absolute Gasteiger partial charge is 0.341 e. The number of thiophene rings is 1. The van der Waals surface area contributed by atoms with Crippen molar-refractivity contribution in [2.75, 3.05) is 11.9 Å². The number of carbonyl (C=O) groups excluding carboxylic acids is 2. The number of rotatable bonds is 4. The van der Waals surface area contributed by atoms with E-state index in [2.05, 4.69) is 10.3 Å². The highest BCUT2D eigenvalue weighted by atomic mass is 32.1. The number of carbonyl (C=O) groups is 2. The molecule has 0 saturated carbocycles. The van der Waals surface area contributed by atoms with E-state index in [0.717, 1.165) is 16.1 Å². The number of nitrogens with one attached hydrogen (secondary N) is 1. The molecule has 0 aromatic carbocycles. The van der Waals surface area contributed by atoms with Crippen LogP contribution in [0.5, 0.6) is 0 Å². The average molecular weight is 318 g/mol. The van der Waals surface area contributed by atoms with Gasteiger partial charge >= 0.3 is 5.97 Å². The van der Waals surface area contributed by atoms with Gasteiger partial charge in [0.2, 0.25) is 0 Å². The molecule has 0 aliphatic heterocycles. The quantitative estimate of drug-likeness (QED) is 0.876. The van der Waals surface area contributed by atoms with Crippen LogP contribution in [0.3, 0.4) is 0 Å². The number of esters is 1. The Labute approximate surface area is 133 Å². The normalized spacial score (nSPS) is 10.4. The predicted octanol–water partition coefficient (Wildman–Crippen LogP) is 3.50. The first-order chi connectivity index (χ1) is 10.4. The highest BCUT2D eigenvalue weighted by Crippen LogP contribution is 2.33. The number of nitrogens with zero attached hydrogens (tertiary/aromatic N) is 1. The van der Waals surface area contributed by atoms with Gasteiger partial charge in [-0.15, -0.1) is 11.3 Å². The van der Waals surface area contributed by atoms with Crippen LogP contribution in [0.15, 0.2) is 18.3 Å². The van der Waals surface area contributed by atoms with Crippen molar-refractivity contribution < 1.29 is 14.3 Å². The summed E-state index contributed by atoms with van der Waals surface area (Å²) in [6.45, 7) is 7.66. The zero-order valence-electron chi connectivity index (χ0n) is 13.0. The predicted molar refractivity (Wildman–Crippen MR) is 86.7 cm³/mol. The van der Waals surface area contributed by atoms with Gasteiger partial charge in [-0.3, -0.25) is 9.78 Å². The topological polar surface area (TPSA) is 68.3 Å². The molecule has 22 heavy (non-hydrogen) atoms. The number of hydrogen-bond acceptors (Lipinski definition) is 5. The van der Waals surface area contributed by atoms with E-state index in [4.69, 9.17) is 4.74 Å². The lowest BCUT2D eigenvalue weighted by Crippen LogP contribution is -2.15. The molecular weight excluding hydrogens is 300 g/mol. The minimum Gasteiger partial charge on any atom is -0.462 e. The van der Waals surface area contributed by atoms with Crippen molar-refractivity contribution in [2.45, 2.75) is 27.7 Å². The molecule has 2 aromatic heterocycles. The molecule has 2 rings (SSSR count).